The van der Waals surface area contributed by atoms with Crippen molar-refractivity contribution in [1.82, 2.24) is 4.98 Å². The molecule has 2 rings (SSSR count). The third-order valence-corrected chi connectivity index (χ3v) is 2.88. The number of rotatable bonds is 2. The van der Waals surface area contributed by atoms with E-state index in [9.17, 15) is 4.79 Å². The van der Waals surface area contributed by atoms with Crippen molar-refractivity contribution in [2.75, 3.05) is 7.11 Å². The Bertz CT molecular complexity index is 465. The van der Waals surface area contributed by atoms with Gasteiger partial charge in [0.2, 0.25) is 0 Å². The van der Waals surface area contributed by atoms with Crippen molar-refractivity contribution in [3.8, 4) is 10.4 Å². The highest BCUT2D eigenvalue weighted by molar-refractivity contribution is 7.13. The molecule has 4 heteroatoms. The Morgan fingerprint density at radius 3 is 3.00 bits per heavy atom. The predicted molar refractivity (Wildman–Crippen MR) is 58.9 cm³/mol. The first-order chi connectivity index (χ1) is 7.31. The first-order valence-electron chi connectivity index (χ1n) is 4.38. The van der Waals surface area contributed by atoms with Gasteiger partial charge < -0.3 is 4.74 Å². The van der Waals surface area contributed by atoms with Gasteiger partial charge >= 0.3 is 5.97 Å². The summed E-state index contributed by atoms with van der Waals surface area (Å²) >= 11 is 1.61. The van der Waals surface area contributed by atoms with E-state index in [4.69, 9.17) is 0 Å². The molecule has 0 unspecified atom stereocenters. The van der Waals surface area contributed by atoms with Crippen molar-refractivity contribution in [3.05, 3.63) is 41.5 Å². The monoisotopic (exact) mass is 219 g/mol. The predicted octanol–water partition coefficient (Wildman–Crippen LogP) is 2.60. The summed E-state index contributed by atoms with van der Waals surface area (Å²) in [7, 11) is 1.36. The van der Waals surface area contributed by atoms with Crippen LogP contribution in [-0.2, 0) is 4.74 Å². The summed E-state index contributed by atoms with van der Waals surface area (Å²) in [5.74, 6) is -0.360. The number of thiophene rings is 1. The topological polar surface area (TPSA) is 39.2 Å². The highest BCUT2D eigenvalue weighted by Gasteiger charge is 2.07. The van der Waals surface area contributed by atoms with Crippen LogP contribution in [0.3, 0.4) is 0 Å². The molecule has 76 valence electrons. The Morgan fingerprint density at radius 2 is 2.33 bits per heavy atom. The van der Waals surface area contributed by atoms with E-state index in [2.05, 4.69) is 9.72 Å². The smallest absolute Gasteiger partial charge is 0.339 e. The summed E-state index contributed by atoms with van der Waals surface area (Å²) in [6.45, 7) is 0. The molecule has 0 amide bonds. The molecule has 0 radical (unpaired) electrons. The lowest BCUT2D eigenvalue weighted by Crippen LogP contribution is -2.01. The van der Waals surface area contributed by atoms with Gasteiger partial charge in [0.05, 0.1) is 12.7 Å². The zero-order chi connectivity index (χ0) is 10.7. The summed E-state index contributed by atoms with van der Waals surface area (Å²) in [6, 6.07) is 5.73. The van der Waals surface area contributed by atoms with E-state index in [-0.39, 0.29) is 5.97 Å². The second kappa shape index (κ2) is 4.23. The fourth-order valence-electron chi connectivity index (χ4n) is 1.25. The van der Waals surface area contributed by atoms with Crippen LogP contribution in [0.4, 0.5) is 0 Å². The third-order valence-electron chi connectivity index (χ3n) is 1.97. The van der Waals surface area contributed by atoms with Crippen LogP contribution < -0.4 is 0 Å². The molecule has 0 fully saturated rings. The van der Waals surface area contributed by atoms with Crippen molar-refractivity contribution in [1.29, 1.82) is 0 Å². The van der Waals surface area contributed by atoms with Gasteiger partial charge in [-0.1, -0.05) is 6.07 Å². The van der Waals surface area contributed by atoms with E-state index in [0.717, 1.165) is 10.4 Å². The second-order valence-corrected chi connectivity index (χ2v) is 3.88. The van der Waals surface area contributed by atoms with Gasteiger partial charge in [0.1, 0.15) is 0 Å². The Hall–Kier alpha value is -1.68. The Morgan fingerprint density at radius 1 is 1.47 bits per heavy atom. The number of carbonyl (C=O) groups is 1. The lowest BCUT2D eigenvalue weighted by molar-refractivity contribution is 0.0600. The minimum absolute atomic E-state index is 0.360. The standard InChI is InChI=1S/C11H9NO2S/c1-14-11(13)9-5-8(6-12-7-9)10-3-2-4-15-10/h2-7H,1H3. The second-order valence-electron chi connectivity index (χ2n) is 2.93. The van der Waals surface area contributed by atoms with Crippen LogP contribution in [0.5, 0.6) is 0 Å². The number of nitrogens with zero attached hydrogens (tertiary/aromatic N) is 1. The van der Waals surface area contributed by atoms with Gasteiger partial charge in [-0.15, -0.1) is 11.3 Å². The maximum Gasteiger partial charge on any atom is 0.339 e. The van der Waals surface area contributed by atoms with E-state index < -0.39 is 0 Å². The fraction of sp³-hybridized carbons (Fsp3) is 0.0909. The average molecular weight is 219 g/mol. The molecule has 0 atom stereocenters. The number of carbonyl (C=O) groups excluding carboxylic acids is 1. The Kier molecular flexibility index (Phi) is 2.78. The van der Waals surface area contributed by atoms with E-state index in [0.29, 0.717) is 5.56 Å². The minimum Gasteiger partial charge on any atom is -0.465 e. The molecule has 0 aliphatic carbocycles. The number of methoxy groups -OCH3 is 1. The quantitative estimate of drug-likeness (QED) is 0.729. The average Bonchev–Trinajstić information content (AvgIpc) is 2.82. The minimum atomic E-state index is -0.360. The fourth-order valence-corrected chi connectivity index (χ4v) is 1.96. The van der Waals surface area contributed by atoms with Crippen molar-refractivity contribution in [2.45, 2.75) is 0 Å². The molecule has 0 aromatic carbocycles. The van der Waals surface area contributed by atoms with Crippen molar-refractivity contribution >= 4 is 17.3 Å². The number of hydrogen-bond donors (Lipinski definition) is 0. The van der Waals surface area contributed by atoms with Crippen LogP contribution in [0.25, 0.3) is 10.4 Å². The molecule has 0 aliphatic rings. The molecule has 2 aromatic rings. The van der Waals surface area contributed by atoms with Crippen molar-refractivity contribution < 1.29 is 9.53 Å². The summed E-state index contributed by atoms with van der Waals surface area (Å²) in [5.41, 5.74) is 1.41. The first-order valence-corrected chi connectivity index (χ1v) is 5.26. The molecule has 3 nitrogen and oxygen atoms in total. The van der Waals surface area contributed by atoms with Gasteiger partial charge in [0, 0.05) is 22.8 Å². The highest BCUT2D eigenvalue weighted by Crippen LogP contribution is 2.24. The van der Waals surface area contributed by atoms with Crippen LogP contribution >= 0.6 is 11.3 Å². The molecule has 0 spiro atoms. The lowest BCUT2D eigenvalue weighted by Gasteiger charge is -2.00. The number of pyridine rings is 1. The lowest BCUT2D eigenvalue weighted by atomic mass is 10.2. The molecule has 0 saturated heterocycles. The molecular weight excluding hydrogens is 210 g/mol. The van der Waals surface area contributed by atoms with Crippen LogP contribution in [0.2, 0.25) is 0 Å². The summed E-state index contributed by atoms with van der Waals surface area (Å²) in [5, 5.41) is 1.99. The van der Waals surface area contributed by atoms with Gasteiger partial charge in [-0.25, -0.2) is 4.79 Å². The van der Waals surface area contributed by atoms with Crippen LogP contribution in [-0.4, -0.2) is 18.1 Å². The van der Waals surface area contributed by atoms with Gasteiger partial charge in [0.15, 0.2) is 0 Å². The molecular formula is C11H9NO2S. The number of aromatic nitrogens is 1. The van der Waals surface area contributed by atoms with Gasteiger partial charge in [-0.05, 0) is 17.5 Å². The van der Waals surface area contributed by atoms with Crippen molar-refractivity contribution in [2.24, 2.45) is 0 Å². The van der Waals surface area contributed by atoms with Gasteiger partial charge in [-0.2, -0.15) is 0 Å². The van der Waals surface area contributed by atoms with Gasteiger partial charge in [-0.3, -0.25) is 4.98 Å². The maximum absolute atomic E-state index is 11.3. The van der Waals surface area contributed by atoms with Crippen LogP contribution in [0, 0.1) is 0 Å². The van der Waals surface area contributed by atoms with E-state index in [1.54, 1.807) is 23.6 Å². The van der Waals surface area contributed by atoms with Crippen LogP contribution in [0.1, 0.15) is 10.4 Å². The molecule has 0 saturated carbocycles. The van der Waals surface area contributed by atoms with E-state index in [1.807, 2.05) is 17.5 Å². The highest BCUT2D eigenvalue weighted by atomic mass is 32.1. The zero-order valence-electron chi connectivity index (χ0n) is 8.14. The van der Waals surface area contributed by atoms with Crippen LogP contribution in [0.15, 0.2) is 36.0 Å². The third kappa shape index (κ3) is 2.05. The molecule has 2 aromatic heterocycles. The molecule has 2 heterocycles. The first kappa shape index (κ1) is 9.86. The zero-order valence-corrected chi connectivity index (χ0v) is 8.95. The molecule has 0 bridgehead atoms. The number of ether oxygens (including phenoxy) is 1. The maximum atomic E-state index is 11.3. The molecule has 0 N–H and O–H groups in total. The van der Waals surface area contributed by atoms with Crippen molar-refractivity contribution in [3.63, 3.8) is 0 Å². The Balaban J connectivity index is 2.39. The Labute approximate surface area is 91.4 Å². The van der Waals surface area contributed by atoms with E-state index in [1.165, 1.54) is 13.3 Å². The molecule has 15 heavy (non-hydrogen) atoms. The largest absolute Gasteiger partial charge is 0.465 e. The summed E-state index contributed by atoms with van der Waals surface area (Å²) in [4.78, 5) is 16.4. The number of hydrogen-bond acceptors (Lipinski definition) is 4. The van der Waals surface area contributed by atoms with Gasteiger partial charge in [0.25, 0.3) is 0 Å². The SMILES string of the molecule is COC(=O)c1cncc(-c2cccs2)c1. The summed E-state index contributed by atoms with van der Waals surface area (Å²) < 4.78 is 4.63. The number of esters is 1. The van der Waals surface area contributed by atoms with E-state index >= 15 is 0 Å². The normalized spacial score (nSPS) is 9.93. The summed E-state index contributed by atoms with van der Waals surface area (Å²) in [6.07, 6.45) is 3.24. The molecule has 0 aliphatic heterocycles.